The Morgan fingerprint density at radius 2 is 1.73 bits per heavy atom. The highest BCUT2D eigenvalue weighted by Gasteiger charge is 2.15. The molecular weight excluding hydrogens is 358 g/mol. The molecule has 134 valence electrons. The number of carbonyl (C=O) groups is 1. The van der Waals surface area contributed by atoms with Gasteiger partial charge < -0.3 is 10.1 Å². The van der Waals surface area contributed by atoms with Crippen LogP contribution in [0.1, 0.15) is 34.0 Å². The largest absolute Gasteiger partial charge is 0.486 e. The minimum Gasteiger partial charge on any atom is -0.486 e. The maximum atomic E-state index is 13.0. The van der Waals surface area contributed by atoms with Gasteiger partial charge in [0.1, 0.15) is 34.7 Å². The predicted octanol–water partition coefficient (Wildman–Crippen LogP) is 4.49. The van der Waals surface area contributed by atoms with Crippen molar-refractivity contribution in [3.63, 3.8) is 0 Å². The van der Waals surface area contributed by atoms with E-state index < -0.39 is 0 Å². The van der Waals surface area contributed by atoms with Gasteiger partial charge in [0.2, 0.25) is 0 Å². The van der Waals surface area contributed by atoms with Crippen LogP contribution >= 0.6 is 11.3 Å². The number of ether oxygens (including phenoxy) is 1. The third-order valence-corrected chi connectivity index (χ3v) is 4.50. The van der Waals surface area contributed by atoms with Gasteiger partial charge in [-0.2, -0.15) is 0 Å². The highest BCUT2D eigenvalue weighted by Crippen LogP contribution is 2.17. The van der Waals surface area contributed by atoms with Gasteiger partial charge in [0.05, 0.1) is 6.04 Å². The van der Waals surface area contributed by atoms with Crippen LogP contribution in [0.25, 0.3) is 0 Å². The number of carbonyl (C=O) groups excluding carboxylic acids is 1. The fourth-order valence-electron chi connectivity index (χ4n) is 2.26. The number of hydrogen-bond donors (Lipinski definition) is 1. The van der Waals surface area contributed by atoms with E-state index in [2.05, 4.69) is 10.3 Å². The average molecular weight is 374 g/mol. The van der Waals surface area contributed by atoms with Gasteiger partial charge >= 0.3 is 0 Å². The third kappa shape index (κ3) is 4.64. The molecule has 1 heterocycles. The molecule has 1 atom stereocenters. The average Bonchev–Trinajstić information content (AvgIpc) is 3.11. The Kier molecular flexibility index (Phi) is 5.58. The van der Waals surface area contributed by atoms with Crippen molar-refractivity contribution in [1.82, 2.24) is 10.3 Å². The number of aromatic nitrogens is 1. The number of amides is 1. The first-order valence-corrected chi connectivity index (χ1v) is 8.78. The number of benzene rings is 2. The van der Waals surface area contributed by atoms with E-state index in [1.807, 2.05) is 6.92 Å². The zero-order chi connectivity index (χ0) is 18.5. The second kappa shape index (κ2) is 8.05. The number of nitrogens with one attached hydrogen (secondary N) is 1. The Morgan fingerprint density at radius 1 is 1.12 bits per heavy atom. The molecule has 1 N–H and O–H groups in total. The second-order valence-corrected chi connectivity index (χ2v) is 6.56. The predicted molar refractivity (Wildman–Crippen MR) is 95.1 cm³/mol. The molecule has 0 saturated heterocycles. The highest BCUT2D eigenvalue weighted by atomic mass is 32.1. The Morgan fingerprint density at radius 3 is 2.38 bits per heavy atom. The van der Waals surface area contributed by atoms with E-state index >= 15 is 0 Å². The van der Waals surface area contributed by atoms with Crippen LogP contribution in [-0.4, -0.2) is 10.9 Å². The standard InChI is InChI=1S/C19H16F2N2O2S/c1-12(13-2-4-14(20)5-3-13)22-19(24)17-11-26-18(23-17)10-25-16-8-6-15(21)7-9-16/h2-9,11-12H,10H2,1H3,(H,22,24). The zero-order valence-electron chi connectivity index (χ0n) is 13.9. The minimum absolute atomic E-state index is 0.192. The van der Waals surface area contributed by atoms with Crippen LogP contribution in [0.3, 0.4) is 0 Å². The molecule has 3 aromatic rings. The van der Waals surface area contributed by atoms with E-state index in [1.165, 1.54) is 47.7 Å². The van der Waals surface area contributed by atoms with E-state index in [1.54, 1.807) is 17.5 Å². The number of thiazole rings is 1. The summed E-state index contributed by atoms with van der Waals surface area (Å²) in [5.41, 5.74) is 1.09. The maximum Gasteiger partial charge on any atom is 0.271 e. The van der Waals surface area contributed by atoms with Gasteiger partial charge in [-0.15, -0.1) is 11.3 Å². The summed E-state index contributed by atoms with van der Waals surface area (Å²) >= 11 is 1.30. The first-order chi connectivity index (χ1) is 12.5. The summed E-state index contributed by atoms with van der Waals surface area (Å²) in [6, 6.07) is 11.4. The van der Waals surface area contributed by atoms with E-state index in [9.17, 15) is 13.6 Å². The summed E-state index contributed by atoms with van der Waals surface area (Å²) in [7, 11) is 0. The summed E-state index contributed by atoms with van der Waals surface area (Å²) in [5.74, 6) is -0.443. The van der Waals surface area contributed by atoms with Crippen molar-refractivity contribution in [2.75, 3.05) is 0 Å². The van der Waals surface area contributed by atoms with Crippen LogP contribution < -0.4 is 10.1 Å². The normalized spacial score (nSPS) is 11.8. The Labute approximate surface area is 153 Å². The van der Waals surface area contributed by atoms with Gasteiger partial charge in [0, 0.05) is 5.38 Å². The van der Waals surface area contributed by atoms with Crippen LogP contribution in [0.2, 0.25) is 0 Å². The van der Waals surface area contributed by atoms with Crippen molar-refractivity contribution >= 4 is 17.2 Å². The highest BCUT2D eigenvalue weighted by molar-refractivity contribution is 7.09. The number of rotatable bonds is 6. The van der Waals surface area contributed by atoms with Gasteiger partial charge in [-0.05, 0) is 48.9 Å². The quantitative estimate of drug-likeness (QED) is 0.692. The molecule has 1 aromatic heterocycles. The minimum atomic E-state index is -0.333. The second-order valence-electron chi connectivity index (χ2n) is 5.62. The summed E-state index contributed by atoms with van der Waals surface area (Å²) < 4.78 is 31.3. The zero-order valence-corrected chi connectivity index (χ0v) is 14.7. The van der Waals surface area contributed by atoms with Gasteiger partial charge in [-0.25, -0.2) is 13.8 Å². The van der Waals surface area contributed by atoms with Gasteiger partial charge in [-0.3, -0.25) is 4.79 Å². The fourth-order valence-corrected chi connectivity index (χ4v) is 2.95. The van der Waals surface area contributed by atoms with Crippen molar-refractivity contribution in [3.8, 4) is 5.75 Å². The molecule has 0 bridgehead atoms. The first kappa shape index (κ1) is 18.0. The van der Waals surface area contributed by atoms with Gasteiger partial charge in [0.15, 0.2) is 0 Å². The molecular formula is C19H16F2N2O2S. The molecule has 0 aliphatic heterocycles. The summed E-state index contributed by atoms with van der Waals surface area (Å²) in [6.45, 7) is 2.01. The molecule has 0 spiro atoms. The Bertz CT molecular complexity index is 879. The van der Waals surface area contributed by atoms with Crippen LogP contribution in [0.15, 0.2) is 53.9 Å². The molecule has 4 nitrogen and oxygen atoms in total. The van der Waals surface area contributed by atoms with Crippen LogP contribution in [0.4, 0.5) is 8.78 Å². The number of halogens is 2. The maximum absolute atomic E-state index is 13.0. The lowest BCUT2D eigenvalue weighted by Gasteiger charge is -2.13. The first-order valence-electron chi connectivity index (χ1n) is 7.90. The number of hydrogen-bond acceptors (Lipinski definition) is 4. The molecule has 1 amide bonds. The third-order valence-electron chi connectivity index (χ3n) is 3.68. The summed E-state index contributed by atoms with van der Waals surface area (Å²) in [5, 5.41) is 5.11. The fraction of sp³-hybridized carbons (Fsp3) is 0.158. The van der Waals surface area contributed by atoms with Crippen molar-refractivity contribution in [3.05, 3.63) is 81.8 Å². The topological polar surface area (TPSA) is 51.2 Å². The Balaban J connectivity index is 1.57. The molecule has 0 saturated carbocycles. The lowest BCUT2D eigenvalue weighted by atomic mass is 10.1. The van der Waals surface area contributed by atoms with E-state index in [0.29, 0.717) is 16.5 Å². The van der Waals surface area contributed by atoms with Crippen molar-refractivity contribution in [2.45, 2.75) is 19.6 Å². The molecule has 0 aliphatic rings. The van der Waals surface area contributed by atoms with Gasteiger partial charge in [-0.1, -0.05) is 12.1 Å². The molecule has 1 unspecified atom stereocenters. The van der Waals surface area contributed by atoms with E-state index in [0.717, 1.165) is 5.56 Å². The van der Waals surface area contributed by atoms with E-state index in [-0.39, 0.29) is 30.2 Å². The van der Waals surface area contributed by atoms with Crippen molar-refractivity contribution < 1.29 is 18.3 Å². The van der Waals surface area contributed by atoms with Crippen molar-refractivity contribution in [2.24, 2.45) is 0 Å². The van der Waals surface area contributed by atoms with Crippen molar-refractivity contribution in [1.29, 1.82) is 0 Å². The van der Waals surface area contributed by atoms with Crippen LogP contribution in [-0.2, 0) is 6.61 Å². The SMILES string of the molecule is CC(NC(=O)c1csc(COc2ccc(F)cc2)n1)c1ccc(F)cc1. The van der Waals surface area contributed by atoms with Crippen LogP contribution in [0, 0.1) is 11.6 Å². The molecule has 3 rings (SSSR count). The molecule has 0 fully saturated rings. The van der Waals surface area contributed by atoms with E-state index in [4.69, 9.17) is 4.74 Å². The molecule has 7 heteroatoms. The summed E-state index contributed by atoms with van der Waals surface area (Å²) in [6.07, 6.45) is 0. The molecule has 0 radical (unpaired) electrons. The van der Waals surface area contributed by atoms with Crippen LogP contribution in [0.5, 0.6) is 5.75 Å². The Hall–Kier alpha value is -2.80. The molecule has 26 heavy (non-hydrogen) atoms. The summed E-state index contributed by atoms with van der Waals surface area (Å²) in [4.78, 5) is 16.5. The lowest BCUT2D eigenvalue weighted by molar-refractivity contribution is 0.0935. The smallest absolute Gasteiger partial charge is 0.271 e. The lowest BCUT2D eigenvalue weighted by Crippen LogP contribution is -2.27. The molecule has 2 aromatic carbocycles. The molecule has 0 aliphatic carbocycles. The number of nitrogens with zero attached hydrogens (tertiary/aromatic N) is 1. The van der Waals surface area contributed by atoms with Gasteiger partial charge in [0.25, 0.3) is 5.91 Å². The monoisotopic (exact) mass is 374 g/mol.